The lowest BCUT2D eigenvalue weighted by Crippen LogP contribution is -2.30. The normalized spacial score (nSPS) is 13.1. The Morgan fingerprint density at radius 1 is 0.274 bits per heavy atom. The number of carbonyl (C=O) groups is 3. The lowest BCUT2D eigenvalue weighted by Gasteiger charge is -2.18. The molecule has 1 atom stereocenters. The van der Waals surface area contributed by atoms with Gasteiger partial charge in [0.15, 0.2) is 6.10 Å². The molecule has 0 aromatic heterocycles. The highest BCUT2D eigenvalue weighted by atomic mass is 16.6. The van der Waals surface area contributed by atoms with Crippen molar-refractivity contribution < 1.29 is 28.6 Å². The standard InChI is InChI=1S/C67H108O6/c1-4-7-10-13-16-19-22-25-28-29-30-31-32-33-34-35-36-37-40-42-45-48-51-54-57-60-66(69)72-63-64(73-67(70)61-58-55-52-49-46-43-39-27-24-21-18-15-12-9-6-3)62-71-65(68)59-56-53-50-47-44-41-38-26-23-20-17-14-11-8-5-2/h7-12,16-21,25-28,30-31,38-39,46,49,64H,4-6,13-15,22-24,29,32-37,40-45,47-48,50-63H2,1-3H3/b10-7-,11-8-,12-9-,19-16-,20-17-,21-18-,28-25-,31-30-,38-26-,39-27-,49-46-. The van der Waals surface area contributed by atoms with Crippen molar-refractivity contribution in [2.24, 2.45) is 0 Å². The summed E-state index contributed by atoms with van der Waals surface area (Å²) < 4.78 is 16.8. The van der Waals surface area contributed by atoms with Gasteiger partial charge >= 0.3 is 17.9 Å². The van der Waals surface area contributed by atoms with Gasteiger partial charge in [0.25, 0.3) is 0 Å². The largest absolute Gasteiger partial charge is 0.462 e. The molecule has 0 aliphatic carbocycles. The summed E-state index contributed by atoms with van der Waals surface area (Å²) in [6.07, 6.45) is 84.5. The van der Waals surface area contributed by atoms with Crippen LogP contribution in [0.3, 0.4) is 0 Å². The number of hydrogen-bond acceptors (Lipinski definition) is 6. The second-order valence-corrected chi connectivity index (χ2v) is 19.1. The summed E-state index contributed by atoms with van der Waals surface area (Å²) in [5.41, 5.74) is 0. The molecule has 1 unspecified atom stereocenters. The van der Waals surface area contributed by atoms with Gasteiger partial charge in [-0.15, -0.1) is 0 Å². The topological polar surface area (TPSA) is 78.9 Å². The van der Waals surface area contributed by atoms with Gasteiger partial charge in [-0.3, -0.25) is 14.4 Å². The van der Waals surface area contributed by atoms with Crippen LogP contribution in [0.15, 0.2) is 134 Å². The molecule has 0 saturated carbocycles. The van der Waals surface area contributed by atoms with Crippen molar-refractivity contribution in [1.82, 2.24) is 0 Å². The molecule has 0 radical (unpaired) electrons. The summed E-state index contributed by atoms with van der Waals surface area (Å²) in [6, 6.07) is 0. The fourth-order valence-corrected chi connectivity index (χ4v) is 7.79. The van der Waals surface area contributed by atoms with Crippen LogP contribution in [0.2, 0.25) is 0 Å². The Bertz CT molecular complexity index is 1580. The second-order valence-electron chi connectivity index (χ2n) is 19.1. The third kappa shape index (κ3) is 58.3. The lowest BCUT2D eigenvalue weighted by molar-refractivity contribution is -0.167. The molecule has 0 aromatic rings. The van der Waals surface area contributed by atoms with Crippen molar-refractivity contribution >= 4 is 17.9 Å². The molecule has 0 aliphatic heterocycles. The number of hydrogen-bond donors (Lipinski definition) is 0. The first-order chi connectivity index (χ1) is 36.0. The zero-order valence-corrected chi connectivity index (χ0v) is 47.1. The van der Waals surface area contributed by atoms with Crippen LogP contribution in [0.25, 0.3) is 0 Å². The highest BCUT2D eigenvalue weighted by Crippen LogP contribution is 2.15. The van der Waals surface area contributed by atoms with Crippen molar-refractivity contribution in [3.05, 3.63) is 134 Å². The average Bonchev–Trinajstić information content (AvgIpc) is 3.39. The molecule has 73 heavy (non-hydrogen) atoms. The Morgan fingerprint density at radius 2 is 0.493 bits per heavy atom. The lowest BCUT2D eigenvalue weighted by atomic mass is 10.0. The second kappa shape index (κ2) is 60.1. The molecule has 0 N–H and O–H groups in total. The van der Waals surface area contributed by atoms with Gasteiger partial charge in [0.2, 0.25) is 0 Å². The van der Waals surface area contributed by atoms with E-state index >= 15 is 0 Å². The minimum Gasteiger partial charge on any atom is -0.462 e. The third-order valence-electron chi connectivity index (χ3n) is 12.1. The maximum absolute atomic E-state index is 12.8. The van der Waals surface area contributed by atoms with Gasteiger partial charge in [0, 0.05) is 19.3 Å². The maximum Gasteiger partial charge on any atom is 0.306 e. The number of rotatable bonds is 52. The Kier molecular flexibility index (Phi) is 56.4. The van der Waals surface area contributed by atoms with E-state index in [0.717, 1.165) is 141 Å². The highest BCUT2D eigenvalue weighted by Gasteiger charge is 2.19. The van der Waals surface area contributed by atoms with Gasteiger partial charge in [0.05, 0.1) is 0 Å². The van der Waals surface area contributed by atoms with Crippen LogP contribution in [0, 0.1) is 0 Å². The van der Waals surface area contributed by atoms with Crippen molar-refractivity contribution in [3.63, 3.8) is 0 Å². The molecule has 0 spiro atoms. The zero-order chi connectivity index (χ0) is 52.9. The van der Waals surface area contributed by atoms with Gasteiger partial charge in [-0.25, -0.2) is 0 Å². The summed E-state index contributed by atoms with van der Waals surface area (Å²) in [5, 5.41) is 0. The SMILES string of the molecule is CC/C=C\C/C=C\C/C=C\C/C=C\CCCCCCCCCCCCCCC(=O)OCC(COC(=O)CCCCCCC/C=C\C/C=C\C/C=C\CC)OC(=O)CCCC/C=C\C/C=C\C/C=C\C/C=C\CC. The smallest absolute Gasteiger partial charge is 0.306 e. The summed E-state index contributed by atoms with van der Waals surface area (Å²) >= 11 is 0. The van der Waals surface area contributed by atoms with Crippen molar-refractivity contribution in [1.29, 1.82) is 0 Å². The van der Waals surface area contributed by atoms with Crippen molar-refractivity contribution in [3.8, 4) is 0 Å². The zero-order valence-electron chi connectivity index (χ0n) is 47.1. The van der Waals surface area contributed by atoms with E-state index in [4.69, 9.17) is 14.2 Å². The van der Waals surface area contributed by atoms with Crippen LogP contribution in [0.5, 0.6) is 0 Å². The van der Waals surface area contributed by atoms with Gasteiger partial charge in [-0.1, -0.05) is 238 Å². The van der Waals surface area contributed by atoms with E-state index < -0.39 is 6.10 Å². The first-order valence-corrected chi connectivity index (χ1v) is 29.7. The van der Waals surface area contributed by atoms with Crippen molar-refractivity contribution in [2.75, 3.05) is 13.2 Å². The Labute approximate surface area is 449 Å². The summed E-state index contributed by atoms with van der Waals surface area (Å²) in [7, 11) is 0. The van der Waals surface area contributed by atoms with E-state index in [-0.39, 0.29) is 37.5 Å². The number of allylic oxidation sites excluding steroid dienone is 22. The summed E-state index contributed by atoms with van der Waals surface area (Å²) in [4.78, 5) is 38.2. The summed E-state index contributed by atoms with van der Waals surface area (Å²) in [6.45, 7) is 6.25. The minimum absolute atomic E-state index is 0.105. The Morgan fingerprint density at radius 3 is 0.795 bits per heavy atom. The first kappa shape index (κ1) is 68.6. The average molecular weight is 1010 g/mol. The molecule has 0 aliphatic rings. The monoisotopic (exact) mass is 1010 g/mol. The molecule has 0 bridgehead atoms. The quantitative estimate of drug-likeness (QED) is 0.0261. The van der Waals surface area contributed by atoms with E-state index in [1.165, 1.54) is 64.2 Å². The predicted octanol–water partition coefficient (Wildman–Crippen LogP) is 20.2. The molecule has 0 amide bonds. The maximum atomic E-state index is 12.8. The van der Waals surface area contributed by atoms with E-state index in [1.807, 2.05) is 0 Å². The van der Waals surface area contributed by atoms with E-state index in [2.05, 4.69) is 154 Å². The predicted molar refractivity (Wildman–Crippen MR) is 316 cm³/mol. The Hall–Kier alpha value is -4.45. The number of ether oxygens (including phenoxy) is 3. The number of unbranched alkanes of at least 4 members (excludes halogenated alkanes) is 19. The van der Waals surface area contributed by atoms with Gasteiger partial charge < -0.3 is 14.2 Å². The van der Waals surface area contributed by atoms with Crippen LogP contribution >= 0.6 is 0 Å². The van der Waals surface area contributed by atoms with E-state index in [1.54, 1.807) is 0 Å². The fourth-order valence-electron chi connectivity index (χ4n) is 7.79. The molecule has 0 fully saturated rings. The molecule has 412 valence electrons. The molecule has 6 heteroatoms. The molecule has 0 saturated heterocycles. The van der Waals surface area contributed by atoms with Crippen LogP contribution in [0.4, 0.5) is 0 Å². The van der Waals surface area contributed by atoms with E-state index in [9.17, 15) is 14.4 Å². The molecule has 6 nitrogen and oxygen atoms in total. The van der Waals surface area contributed by atoms with Gasteiger partial charge in [-0.05, 0) is 128 Å². The third-order valence-corrected chi connectivity index (χ3v) is 12.1. The van der Waals surface area contributed by atoms with E-state index in [0.29, 0.717) is 19.3 Å². The molecular weight excluding hydrogens is 901 g/mol. The van der Waals surface area contributed by atoms with Crippen LogP contribution in [-0.4, -0.2) is 37.2 Å². The fraction of sp³-hybridized carbons (Fsp3) is 0.627. The highest BCUT2D eigenvalue weighted by molar-refractivity contribution is 5.71. The van der Waals surface area contributed by atoms with Crippen molar-refractivity contribution in [2.45, 2.75) is 258 Å². The van der Waals surface area contributed by atoms with Crippen LogP contribution in [0.1, 0.15) is 252 Å². The van der Waals surface area contributed by atoms with Crippen LogP contribution < -0.4 is 0 Å². The number of esters is 3. The summed E-state index contributed by atoms with van der Waals surface area (Å²) in [5.74, 6) is -0.968. The molecular formula is C67H108O6. The molecule has 0 rings (SSSR count). The number of carbonyl (C=O) groups excluding carboxylic acids is 3. The first-order valence-electron chi connectivity index (χ1n) is 29.7. The minimum atomic E-state index is -0.813. The van der Waals surface area contributed by atoms with Crippen LogP contribution in [-0.2, 0) is 28.6 Å². The van der Waals surface area contributed by atoms with Gasteiger partial charge in [-0.2, -0.15) is 0 Å². The molecule has 0 heterocycles. The van der Waals surface area contributed by atoms with Gasteiger partial charge in [0.1, 0.15) is 13.2 Å². The Balaban J connectivity index is 4.39. The molecule has 0 aromatic carbocycles.